The molecule has 0 saturated carbocycles. The summed E-state index contributed by atoms with van der Waals surface area (Å²) in [6.07, 6.45) is 43.5. The Hall–Kier alpha value is -4.44. The maximum atomic E-state index is 14.5. The topological polar surface area (TPSA) is 251 Å². The molecule has 3 heterocycles. The second-order valence-corrected chi connectivity index (χ2v) is 23.5. The zero-order chi connectivity index (χ0) is 57.3. The van der Waals surface area contributed by atoms with Crippen molar-refractivity contribution in [3.05, 3.63) is 0 Å². The van der Waals surface area contributed by atoms with Crippen molar-refractivity contribution in [3.8, 4) is 0 Å². The van der Waals surface area contributed by atoms with Gasteiger partial charge in [0.25, 0.3) is 0 Å². The first kappa shape index (κ1) is 68.8. The van der Waals surface area contributed by atoms with Crippen LogP contribution in [-0.4, -0.2) is 120 Å². The van der Waals surface area contributed by atoms with E-state index in [9.17, 15) is 33.6 Å². The standard InChI is InChI=1S/C62H114N10O7/c1-4-7-9-11-13-15-17-19-21-23-25-27-29-31-33-35-44-71(45-36-34-32-30-28-26-24-22-20-18-16-14-12-10-8-5-2)56(75)42-41-54(73)66-47-49-46-50-39-40-53-60(78)69-52(38-37-43-65-62(63)64)58(76)67-48-55(74)68-51(6-3)59(77)70-57(49)61(79)72(50)53/h49-53,57H,4-48H2,1-3H3,(H,66,73)(H,67,76)(H,68,74)(H,69,78)(H,70,77)(H4,63,64,65)/t49-,50-,51-,52-,53-,57+/m0/s1. The molecule has 0 aromatic rings. The number of fused-ring (bicyclic) bond motifs is 1. The Labute approximate surface area is 478 Å². The van der Waals surface area contributed by atoms with E-state index in [0.717, 1.165) is 25.7 Å². The highest BCUT2D eigenvalue weighted by Gasteiger charge is 2.51. The van der Waals surface area contributed by atoms with Gasteiger partial charge in [-0.25, -0.2) is 0 Å². The normalized spacial score (nSPS) is 20.6. The number of carbonyl (C=O) groups excluding carboxylic acids is 7. The number of nitrogens with two attached hydrogens (primary N) is 2. The lowest BCUT2D eigenvalue weighted by Gasteiger charge is -2.42. The average molecular weight is 1110 g/mol. The largest absolute Gasteiger partial charge is 0.370 e. The van der Waals surface area contributed by atoms with E-state index in [1.807, 2.05) is 4.90 Å². The second kappa shape index (κ2) is 43.3. The molecule has 0 aromatic heterocycles. The molecule has 7 amide bonds. The highest BCUT2D eigenvalue weighted by molar-refractivity contribution is 5.98. The van der Waals surface area contributed by atoms with Crippen LogP contribution in [0.2, 0.25) is 0 Å². The Balaban J connectivity index is 1.54. The lowest BCUT2D eigenvalue weighted by molar-refractivity contribution is -0.149. The van der Waals surface area contributed by atoms with Gasteiger partial charge in [0.1, 0.15) is 24.2 Å². The number of nitrogens with one attached hydrogen (secondary N) is 5. The van der Waals surface area contributed by atoms with E-state index >= 15 is 0 Å². The number of nitrogens with zero attached hydrogens (tertiary/aromatic N) is 3. The van der Waals surface area contributed by atoms with E-state index in [4.69, 9.17) is 11.5 Å². The summed E-state index contributed by atoms with van der Waals surface area (Å²) < 4.78 is 0. The minimum absolute atomic E-state index is 0.00651. The van der Waals surface area contributed by atoms with Gasteiger partial charge in [0.2, 0.25) is 41.4 Å². The summed E-state index contributed by atoms with van der Waals surface area (Å²) >= 11 is 0. The van der Waals surface area contributed by atoms with Crippen molar-refractivity contribution in [1.29, 1.82) is 0 Å². The molecule has 3 aliphatic heterocycles. The molecule has 454 valence electrons. The van der Waals surface area contributed by atoms with Crippen LogP contribution in [0.5, 0.6) is 0 Å². The number of carbonyl (C=O) groups is 7. The Bertz CT molecular complexity index is 1730. The van der Waals surface area contributed by atoms with Gasteiger partial charge in [-0.2, -0.15) is 0 Å². The van der Waals surface area contributed by atoms with Gasteiger partial charge >= 0.3 is 0 Å². The van der Waals surface area contributed by atoms with E-state index in [0.29, 0.717) is 38.8 Å². The van der Waals surface area contributed by atoms with Crippen LogP contribution in [0.25, 0.3) is 0 Å². The number of amides is 7. The van der Waals surface area contributed by atoms with Crippen molar-refractivity contribution in [2.45, 2.75) is 308 Å². The Morgan fingerprint density at radius 1 is 0.570 bits per heavy atom. The molecule has 0 aromatic carbocycles. The van der Waals surface area contributed by atoms with Crippen LogP contribution < -0.4 is 38.1 Å². The third kappa shape index (κ3) is 29.7. The number of hydrogen-bond donors (Lipinski definition) is 7. The highest BCUT2D eigenvalue weighted by Crippen LogP contribution is 2.36. The molecule has 79 heavy (non-hydrogen) atoms. The molecule has 9 N–H and O–H groups in total. The van der Waals surface area contributed by atoms with E-state index in [-0.39, 0.29) is 62.6 Å². The average Bonchev–Trinajstić information content (AvgIpc) is 4.14. The van der Waals surface area contributed by atoms with Crippen LogP contribution in [0.3, 0.4) is 0 Å². The van der Waals surface area contributed by atoms with Crippen molar-refractivity contribution < 1.29 is 33.6 Å². The molecule has 0 aliphatic carbocycles. The number of hydrogen-bond acceptors (Lipinski definition) is 8. The lowest BCUT2D eigenvalue weighted by Crippen LogP contribution is -2.65. The fraction of sp³-hybridized carbons (Fsp3) is 0.871. The van der Waals surface area contributed by atoms with Crippen molar-refractivity contribution in [3.63, 3.8) is 0 Å². The molecule has 17 heteroatoms. The Morgan fingerprint density at radius 3 is 1.52 bits per heavy atom. The molecule has 0 unspecified atom stereocenters. The van der Waals surface area contributed by atoms with E-state index in [1.54, 1.807) is 6.92 Å². The first-order valence-corrected chi connectivity index (χ1v) is 32.5. The van der Waals surface area contributed by atoms with Gasteiger partial charge in [-0.05, 0) is 51.4 Å². The molecule has 3 aliphatic rings. The highest BCUT2D eigenvalue weighted by atomic mass is 16.2. The zero-order valence-corrected chi connectivity index (χ0v) is 50.1. The summed E-state index contributed by atoms with van der Waals surface area (Å²) in [4.78, 5) is 104. The van der Waals surface area contributed by atoms with Gasteiger partial charge in [0.15, 0.2) is 5.96 Å². The van der Waals surface area contributed by atoms with Crippen LogP contribution in [0, 0.1) is 5.92 Å². The number of aliphatic imine (C=N–C) groups is 1. The number of guanidine groups is 1. The number of piperidine rings is 1. The minimum Gasteiger partial charge on any atom is -0.370 e. The molecule has 3 rings (SSSR count). The van der Waals surface area contributed by atoms with E-state index in [2.05, 4.69) is 45.4 Å². The van der Waals surface area contributed by atoms with Gasteiger partial charge in [-0.3, -0.25) is 38.6 Å². The first-order valence-electron chi connectivity index (χ1n) is 32.5. The Kier molecular flexibility index (Phi) is 37.7. The SMILES string of the molecule is CCCCCCCCCCCCCCCCCCN(CCCCCCCCCCCCCCCCCC)C(=O)CCC(=O)NC[C@@H]1C[C@@H]2CC[C@H]3C(=O)N[C@@H](CCCN=C(N)N)C(=O)NCC(=O)N[C@@H](CC)C(=O)N[C@H]1C(=O)N23. The predicted octanol–water partition coefficient (Wildman–Crippen LogP) is 9.66. The van der Waals surface area contributed by atoms with Crippen molar-refractivity contribution in [2.75, 3.05) is 32.7 Å². The predicted molar refractivity (Wildman–Crippen MR) is 319 cm³/mol. The Morgan fingerprint density at radius 2 is 1.05 bits per heavy atom. The van der Waals surface area contributed by atoms with Crippen LogP contribution >= 0.6 is 0 Å². The first-order chi connectivity index (χ1) is 38.4. The molecule has 0 spiro atoms. The summed E-state index contributed by atoms with van der Waals surface area (Å²) in [6, 6.07) is -4.36. The van der Waals surface area contributed by atoms with Gasteiger partial charge < -0.3 is 47.9 Å². The molecular weight excluding hydrogens is 997 g/mol. The monoisotopic (exact) mass is 1110 g/mol. The van der Waals surface area contributed by atoms with E-state index < -0.39 is 66.2 Å². The summed E-state index contributed by atoms with van der Waals surface area (Å²) in [5, 5.41) is 13.9. The van der Waals surface area contributed by atoms with Gasteiger partial charge in [-0.1, -0.05) is 213 Å². The molecule has 0 radical (unpaired) electrons. The van der Waals surface area contributed by atoms with Crippen LogP contribution in [0.4, 0.5) is 0 Å². The van der Waals surface area contributed by atoms with Crippen LogP contribution in [0.1, 0.15) is 278 Å². The minimum atomic E-state index is -1.10. The summed E-state index contributed by atoms with van der Waals surface area (Å²) in [5.74, 6) is -3.68. The summed E-state index contributed by atoms with van der Waals surface area (Å²) in [6.45, 7) is 7.53. The fourth-order valence-corrected chi connectivity index (χ4v) is 11.9. The third-order valence-electron chi connectivity index (χ3n) is 16.8. The molecular formula is C62H114N10O7. The molecule has 2 bridgehead atoms. The van der Waals surface area contributed by atoms with Crippen molar-refractivity contribution in [2.24, 2.45) is 22.4 Å². The van der Waals surface area contributed by atoms with Crippen LogP contribution in [0.15, 0.2) is 4.99 Å². The number of unbranched alkanes of at least 4 members (excludes halogenated alkanes) is 30. The second-order valence-electron chi connectivity index (χ2n) is 23.5. The summed E-state index contributed by atoms with van der Waals surface area (Å²) in [5.41, 5.74) is 10.9. The summed E-state index contributed by atoms with van der Waals surface area (Å²) in [7, 11) is 0. The molecule has 6 atom stereocenters. The smallest absolute Gasteiger partial charge is 0.246 e. The van der Waals surface area contributed by atoms with Gasteiger partial charge in [0.05, 0.1) is 6.54 Å². The fourth-order valence-electron chi connectivity index (χ4n) is 11.9. The molecule has 17 nitrogen and oxygen atoms in total. The third-order valence-corrected chi connectivity index (χ3v) is 16.8. The molecule has 3 saturated heterocycles. The van der Waals surface area contributed by atoms with Crippen molar-refractivity contribution >= 4 is 47.3 Å². The lowest BCUT2D eigenvalue weighted by atomic mass is 9.85. The maximum Gasteiger partial charge on any atom is 0.246 e. The van der Waals surface area contributed by atoms with Gasteiger partial charge in [-0.15, -0.1) is 0 Å². The molecule has 3 fully saturated rings. The quantitative estimate of drug-likeness (QED) is 0.0174. The maximum absolute atomic E-state index is 14.5. The van der Waals surface area contributed by atoms with E-state index in [1.165, 1.54) is 185 Å². The van der Waals surface area contributed by atoms with Crippen LogP contribution in [-0.2, 0) is 33.6 Å². The van der Waals surface area contributed by atoms with Gasteiger partial charge in [0, 0.05) is 51.0 Å². The zero-order valence-electron chi connectivity index (χ0n) is 50.1. The van der Waals surface area contributed by atoms with Crippen molar-refractivity contribution in [1.82, 2.24) is 36.4 Å². The number of rotatable bonds is 44.